The number of rotatable bonds is 3. The van der Waals surface area contributed by atoms with E-state index in [-0.39, 0.29) is 5.41 Å². The molecule has 1 aliphatic rings. The molecule has 18 heavy (non-hydrogen) atoms. The molecule has 2 N–H and O–H groups in total. The van der Waals surface area contributed by atoms with Gasteiger partial charge in [-0.3, -0.25) is 0 Å². The molecule has 1 unspecified atom stereocenters. The Balaban J connectivity index is 1.92. The Labute approximate surface area is 110 Å². The van der Waals surface area contributed by atoms with E-state index in [0.29, 0.717) is 5.92 Å². The van der Waals surface area contributed by atoms with Gasteiger partial charge in [0, 0.05) is 18.2 Å². The summed E-state index contributed by atoms with van der Waals surface area (Å²) >= 11 is 0. The number of anilines is 1. The van der Waals surface area contributed by atoms with Crippen LogP contribution in [0, 0.1) is 5.92 Å². The number of nitrogens with one attached hydrogen (secondary N) is 2. The molecular weight excluding hydrogens is 224 g/mol. The minimum Gasteiger partial charge on any atom is -0.354 e. The van der Waals surface area contributed by atoms with E-state index in [9.17, 15) is 0 Å². The largest absolute Gasteiger partial charge is 0.354 e. The van der Waals surface area contributed by atoms with Crippen LogP contribution in [0.5, 0.6) is 0 Å². The van der Waals surface area contributed by atoms with Gasteiger partial charge in [-0.25, -0.2) is 9.97 Å². The Morgan fingerprint density at radius 3 is 2.94 bits per heavy atom. The highest BCUT2D eigenvalue weighted by molar-refractivity contribution is 5.27. The summed E-state index contributed by atoms with van der Waals surface area (Å²) in [5.74, 6) is 1.45. The first-order valence-electron chi connectivity index (χ1n) is 6.84. The molecule has 1 aromatic rings. The quantitative estimate of drug-likeness (QED) is 0.861. The van der Waals surface area contributed by atoms with Crippen molar-refractivity contribution in [2.75, 3.05) is 25.0 Å². The highest BCUT2D eigenvalue weighted by Gasteiger charge is 2.17. The zero-order chi connectivity index (χ0) is 13.0. The zero-order valence-electron chi connectivity index (χ0n) is 11.7. The van der Waals surface area contributed by atoms with Gasteiger partial charge in [0.15, 0.2) is 0 Å². The van der Waals surface area contributed by atoms with E-state index < -0.39 is 0 Å². The van der Waals surface area contributed by atoms with Gasteiger partial charge in [-0.05, 0) is 37.9 Å². The van der Waals surface area contributed by atoms with E-state index in [0.717, 1.165) is 31.3 Å². The van der Waals surface area contributed by atoms with Crippen LogP contribution in [0.1, 0.15) is 39.3 Å². The Morgan fingerprint density at radius 2 is 2.28 bits per heavy atom. The number of aromatic nitrogens is 2. The molecule has 4 nitrogen and oxygen atoms in total. The van der Waals surface area contributed by atoms with E-state index >= 15 is 0 Å². The maximum Gasteiger partial charge on any atom is 0.222 e. The topological polar surface area (TPSA) is 49.8 Å². The molecule has 100 valence electrons. The standard InChI is InChI=1S/C14H24N4/c1-14(2,3)12-6-8-16-13(18-12)17-10-11-5-4-7-15-9-11/h6,8,11,15H,4-5,7,9-10H2,1-3H3,(H,16,17,18). The van der Waals surface area contributed by atoms with Gasteiger partial charge < -0.3 is 10.6 Å². The summed E-state index contributed by atoms with van der Waals surface area (Å²) in [6, 6.07) is 1.99. The van der Waals surface area contributed by atoms with Crippen LogP contribution in [0.4, 0.5) is 5.95 Å². The summed E-state index contributed by atoms with van der Waals surface area (Å²) < 4.78 is 0. The van der Waals surface area contributed by atoms with E-state index in [2.05, 4.69) is 41.4 Å². The Hall–Kier alpha value is -1.16. The molecule has 1 atom stereocenters. The van der Waals surface area contributed by atoms with Crippen molar-refractivity contribution in [3.05, 3.63) is 18.0 Å². The first kappa shape index (κ1) is 13.3. The lowest BCUT2D eigenvalue weighted by atomic mass is 9.92. The van der Waals surface area contributed by atoms with E-state index in [1.54, 1.807) is 0 Å². The second-order valence-corrected chi connectivity index (χ2v) is 6.11. The lowest BCUT2D eigenvalue weighted by Crippen LogP contribution is -2.33. The minimum absolute atomic E-state index is 0.0752. The normalized spacial score (nSPS) is 20.7. The van der Waals surface area contributed by atoms with Crippen molar-refractivity contribution in [2.45, 2.75) is 39.0 Å². The fraction of sp³-hybridized carbons (Fsp3) is 0.714. The molecule has 0 radical (unpaired) electrons. The second kappa shape index (κ2) is 5.65. The van der Waals surface area contributed by atoms with Gasteiger partial charge in [0.1, 0.15) is 0 Å². The first-order chi connectivity index (χ1) is 8.55. The zero-order valence-corrected chi connectivity index (χ0v) is 11.7. The van der Waals surface area contributed by atoms with E-state index in [1.807, 2.05) is 12.3 Å². The molecule has 1 fully saturated rings. The summed E-state index contributed by atoms with van der Waals surface area (Å²) in [5.41, 5.74) is 1.16. The SMILES string of the molecule is CC(C)(C)c1ccnc(NCC2CCCNC2)n1. The lowest BCUT2D eigenvalue weighted by Gasteiger charge is -2.23. The fourth-order valence-corrected chi connectivity index (χ4v) is 2.20. The third-order valence-corrected chi connectivity index (χ3v) is 3.37. The van der Waals surface area contributed by atoms with Crippen LogP contribution in [-0.4, -0.2) is 29.6 Å². The van der Waals surface area contributed by atoms with Gasteiger partial charge in [0.2, 0.25) is 5.95 Å². The van der Waals surface area contributed by atoms with Crippen molar-refractivity contribution in [3.8, 4) is 0 Å². The summed E-state index contributed by atoms with van der Waals surface area (Å²) in [6.07, 6.45) is 4.41. The Kier molecular flexibility index (Phi) is 4.17. The molecule has 0 aliphatic carbocycles. The molecule has 1 saturated heterocycles. The third-order valence-electron chi connectivity index (χ3n) is 3.37. The predicted molar refractivity (Wildman–Crippen MR) is 74.8 cm³/mol. The molecule has 1 aliphatic heterocycles. The van der Waals surface area contributed by atoms with Gasteiger partial charge in [-0.15, -0.1) is 0 Å². The molecule has 0 saturated carbocycles. The van der Waals surface area contributed by atoms with Gasteiger partial charge in [-0.2, -0.15) is 0 Å². The van der Waals surface area contributed by atoms with Crippen molar-refractivity contribution >= 4 is 5.95 Å². The highest BCUT2D eigenvalue weighted by atomic mass is 15.1. The van der Waals surface area contributed by atoms with Crippen LogP contribution in [0.2, 0.25) is 0 Å². The smallest absolute Gasteiger partial charge is 0.222 e. The van der Waals surface area contributed by atoms with Crippen LogP contribution in [0.25, 0.3) is 0 Å². The van der Waals surface area contributed by atoms with Crippen molar-refractivity contribution in [1.82, 2.24) is 15.3 Å². The van der Waals surface area contributed by atoms with Crippen LogP contribution < -0.4 is 10.6 Å². The number of nitrogens with zero attached hydrogens (tertiary/aromatic N) is 2. The van der Waals surface area contributed by atoms with Gasteiger partial charge in [-0.1, -0.05) is 20.8 Å². The summed E-state index contributed by atoms with van der Waals surface area (Å²) in [4.78, 5) is 8.88. The molecule has 4 heteroatoms. The molecule has 1 aromatic heterocycles. The molecule has 0 bridgehead atoms. The van der Waals surface area contributed by atoms with Crippen LogP contribution in [0.15, 0.2) is 12.3 Å². The predicted octanol–water partition coefficient (Wildman–Crippen LogP) is 2.19. The van der Waals surface area contributed by atoms with Crippen LogP contribution in [0.3, 0.4) is 0 Å². The third kappa shape index (κ3) is 3.67. The minimum atomic E-state index is 0.0752. The van der Waals surface area contributed by atoms with Gasteiger partial charge in [0.25, 0.3) is 0 Å². The summed E-state index contributed by atoms with van der Waals surface area (Å²) in [7, 11) is 0. The van der Waals surface area contributed by atoms with Gasteiger partial charge in [0.05, 0.1) is 5.69 Å². The van der Waals surface area contributed by atoms with Gasteiger partial charge >= 0.3 is 0 Å². The van der Waals surface area contributed by atoms with E-state index in [4.69, 9.17) is 0 Å². The van der Waals surface area contributed by atoms with Crippen molar-refractivity contribution in [2.24, 2.45) is 5.92 Å². The molecule has 0 aromatic carbocycles. The van der Waals surface area contributed by atoms with Crippen LogP contribution >= 0.6 is 0 Å². The average Bonchev–Trinajstić information content (AvgIpc) is 2.37. The van der Waals surface area contributed by atoms with Crippen LogP contribution in [-0.2, 0) is 5.41 Å². The number of hydrogen-bond donors (Lipinski definition) is 2. The van der Waals surface area contributed by atoms with Crippen molar-refractivity contribution < 1.29 is 0 Å². The van der Waals surface area contributed by atoms with Crippen molar-refractivity contribution in [3.63, 3.8) is 0 Å². The lowest BCUT2D eigenvalue weighted by molar-refractivity contribution is 0.392. The second-order valence-electron chi connectivity index (χ2n) is 6.11. The summed E-state index contributed by atoms with van der Waals surface area (Å²) in [5, 5.41) is 6.79. The maximum absolute atomic E-state index is 4.59. The van der Waals surface area contributed by atoms with Crippen molar-refractivity contribution in [1.29, 1.82) is 0 Å². The Morgan fingerprint density at radius 1 is 1.44 bits per heavy atom. The molecule has 0 spiro atoms. The monoisotopic (exact) mass is 248 g/mol. The summed E-state index contributed by atoms with van der Waals surface area (Å²) in [6.45, 7) is 9.73. The molecule has 0 amide bonds. The number of hydrogen-bond acceptors (Lipinski definition) is 4. The Bertz CT molecular complexity index is 378. The average molecular weight is 248 g/mol. The first-order valence-corrected chi connectivity index (χ1v) is 6.84. The highest BCUT2D eigenvalue weighted by Crippen LogP contribution is 2.20. The maximum atomic E-state index is 4.59. The fourth-order valence-electron chi connectivity index (χ4n) is 2.20. The van der Waals surface area contributed by atoms with E-state index in [1.165, 1.54) is 12.8 Å². The molecule has 2 heterocycles. The molecular formula is C14H24N4. The number of piperidine rings is 1. The molecule has 2 rings (SSSR count).